The second kappa shape index (κ2) is 8.62. The van der Waals surface area contributed by atoms with Crippen LogP contribution in [0.25, 0.3) is 0 Å². The molecule has 0 aliphatic carbocycles. The predicted octanol–water partition coefficient (Wildman–Crippen LogP) is 0.946. The van der Waals surface area contributed by atoms with E-state index in [0.29, 0.717) is 26.1 Å². The lowest BCUT2D eigenvalue weighted by molar-refractivity contribution is -0.134. The highest BCUT2D eigenvalue weighted by Crippen LogP contribution is 2.35. The number of likely N-dealkylation sites (tertiary alicyclic amines) is 2. The van der Waals surface area contributed by atoms with Crippen LogP contribution >= 0.6 is 0 Å². The monoisotopic (exact) mass is 414 g/mol. The van der Waals surface area contributed by atoms with E-state index in [4.69, 9.17) is 0 Å². The van der Waals surface area contributed by atoms with Gasteiger partial charge < -0.3 is 19.7 Å². The second-order valence-electron chi connectivity index (χ2n) is 8.71. The van der Waals surface area contributed by atoms with Crippen molar-refractivity contribution in [3.05, 3.63) is 33.7 Å². The molecule has 1 aromatic rings. The molecule has 162 valence electrons. The first-order valence-corrected chi connectivity index (χ1v) is 11.1. The van der Waals surface area contributed by atoms with E-state index in [1.165, 1.54) is 0 Å². The van der Waals surface area contributed by atoms with Crippen molar-refractivity contribution in [2.24, 2.45) is 5.92 Å². The Kier molecular flexibility index (Phi) is 5.92. The Morgan fingerprint density at radius 1 is 1.03 bits per heavy atom. The van der Waals surface area contributed by atoms with E-state index in [1.807, 2.05) is 17.9 Å². The molecule has 0 spiro atoms. The summed E-state index contributed by atoms with van der Waals surface area (Å²) in [5.41, 5.74) is 0.670. The first-order chi connectivity index (χ1) is 14.5. The van der Waals surface area contributed by atoms with Crippen LogP contribution in [0.3, 0.4) is 0 Å². The fourth-order valence-electron chi connectivity index (χ4n) is 5.02. The number of nitrogens with zero attached hydrogens (tertiary/aromatic N) is 3. The van der Waals surface area contributed by atoms with Gasteiger partial charge in [-0.05, 0) is 43.7 Å². The fraction of sp³-hybridized carbons (Fsp3) is 0.636. The maximum Gasteiger partial charge on any atom is 0.263 e. The van der Waals surface area contributed by atoms with E-state index in [9.17, 15) is 19.2 Å². The number of aromatic nitrogens is 1. The van der Waals surface area contributed by atoms with Gasteiger partial charge in [0.25, 0.3) is 11.5 Å². The smallest absolute Gasteiger partial charge is 0.263 e. The van der Waals surface area contributed by atoms with Crippen LogP contribution in [0, 0.1) is 5.92 Å². The highest BCUT2D eigenvalue weighted by Gasteiger charge is 2.36. The zero-order valence-corrected chi connectivity index (χ0v) is 17.6. The summed E-state index contributed by atoms with van der Waals surface area (Å²) in [6, 6.07) is 3.41. The SMILES string of the molecule is CCCC(=O)N1C[C@@H]2C[C@H](C1)c1ccc(C(=O)NCC(=O)N3CCCC3)c(=O)n1C2. The molecular weight excluding hydrogens is 384 g/mol. The third-order valence-electron chi connectivity index (χ3n) is 6.52. The number of pyridine rings is 1. The average molecular weight is 415 g/mol. The molecule has 3 amide bonds. The lowest BCUT2D eigenvalue weighted by atomic mass is 9.82. The van der Waals surface area contributed by atoms with Crippen LogP contribution in [0.15, 0.2) is 16.9 Å². The first-order valence-electron chi connectivity index (χ1n) is 11.1. The number of fused-ring (bicyclic) bond motifs is 4. The third-order valence-corrected chi connectivity index (χ3v) is 6.52. The lowest BCUT2D eigenvalue weighted by Crippen LogP contribution is -2.50. The van der Waals surface area contributed by atoms with Gasteiger partial charge in [0.2, 0.25) is 11.8 Å². The van der Waals surface area contributed by atoms with Gasteiger partial charge in [-0.25, -0.2) is 0 Å². The summed E-state index contributed by atoms with van der Waals surface area (Å²) < 4.78 is 1.71. The van der Waals surface area contributed by atoms with Crippen molar-refractivity contribution >= 4 is 17.7 Å². The van der Waals surface area contributed by atoms with Crippen LogP contribution in [0.5, 0.6) is 0 Å². The van der Waals surface area contributed by atoms with Crippen LogP contribution in [0.1, 0.15) is 61.0 Å². The van der Waals surface area contributed by atoms with E-state index in [2.05, 4.69) is 5.32 Å². The zero-order chi connectivity index (χ0) is 21.3. The molecule has 2 saturated heterocycles. The first kappa shape index (κ1) is 20.6. The molecule has 1 aromatic heterocycles. The summed E-state index contributed by atoms with van der Waals surface area (Å²) >= 11 is 0. The molecule has 30 heavy (non-hydrogen) atoms. The third kappa shape index (κ3) is 4.00. The standard InChI is InChI=1S/C22H30N4O4/c1-2-5-19(27)25-12-15-10-16(14-25)18-7-6-17(22(30)26(18)13-15)21(29)23-11-20(28)24-8-3-4-9-24/h6-7,15-16H,2-5,8-14H2,1H3,(H,23,29)/t15-,16+/m0/s1. The molecule has 4 rings (SSSR count). The Bertz CT molecular complexity index is 903. The Morgan fingerprint density at radius 2 is 1.80 bits per heavy atom. The van der Waals surface area contributed by atoms with Crippen molar-refractivity contribution in [1.29, 1.82) is 0 Å². The molecule has 3 aliphatic rings. The minimum Gasteiger partial charge on any atom is -0.343 e. The second-order valence-corrected chi connectivity index (χ2v) is 8.71. The van der Waals surface area contributed by atoms with Gasteiger partial charge in [-0.15, -0.1) is 0 Å². The molecule has 2 fully saturated rings. The molecule has 2 atom stereocenters. The molecule has 3 aliphatic heterocycles. The molecular formula is C22H30N4O4. The van der Waals surface area contributed by atoms with Gasteiger partial charge in [0.05, 0.1) is 6.54 Å². The van der Waals surface area contributed by atoms with E-state index in [-0.39, 0.29) is 41.3 Å². The zero-order valence-electron chi connectivity index (χ0n) is 17.6. The predicted molar refractivity (Wildman–Crippen MR) is 111 cm³/mol. The van der Waals surface area contributed by atoms with Crippen LogP contribution in [0.4, 0.5) is 0 Å². The summed E-state index contributed by atoms with van der Waals surface area (Å²) in [5, 5.41) is 2.61. The van der Waals surface area contributed by atoms with Crippen molar-refractivity contribution in [3.63, 3.8) is 0 Å². The van der Waals surface area contributed by atoms with E-state index >= 15 is 0 Å². The van der Waals surface area contributed by atoms with Gasteiger partial charge in [-0.3, -0.25) is 19.2 Å². The quantitative estimate of drug-likeness (QED) is 0.777. The molecule has 0 aromatic carbocycles. The number of hydrogen-bond donors (Lipinski definition) is 1. The number of carbonyl (C=O) groups excluding carboxylic acids is 3. The fourth-order valence-corrected chi connectivity index (χ4v) is 5.02. The Labute approximate surface area is 176 Å². The number of nitrogens with one attached hydrogen (secondary N) is 1. The van der Waals surface area contributed by atoms with Gasteiger partial charge in [-0.1, -0.05) is 6.92 Å². The highest BCUT2D eigenvalue weighted by atomic mass is 16.2. The van der Waals surface area contributed by atoms with Crippen molar-refractivity contribution in [3.8, 4) is 0 Å². The molecule has 4 heterocycles. The van der Waals surface area contributed by atoms with Gasteiger partial charge in [0, 0.05) is 50.8 Å². The maximum atomic E-state index is 13.0. The average Bonchev–Trinajstić information content (AvgIpc) is 3.27. The molecule has 0 unspecified atom stereocenters. The Balaban J connectivity index is 1.47. The van der Waals surface area contributed by atoms with Crippen molar-refractivity contribution in [2.75, 3.05) is 32.7 Å². The molecule has 8 heteroatoms. The van der Waals surface area contributed by atoms with Crippen LogP contribution in [-0.4, -0.2) is 64.8 Å². The normalized spacial score (nSPS) is 22.6. The number of carbonyl (C=O) groups is 3. The number of hydrogen-bond acceptors (Lipinski definition) is 4. The minimum atomic E-state index is -0.502. The minimum absolute atomic E-state index is 0.0758. The van der Waals surface area contributed by atoms with Gasteiger partial charge in [0.15, 0.2) is 0 Å². The summed E-state index contributed by atoms with van der Waals surface area (Å²) in [4.78, 5) is 53.8. The number of piperidine rings is 1. The Morgan fingerprint density at radius 3 is 2.53 bits per heavy atom. The highest BCUT2D eigenvalue weighted by molar-refractivity contribution is 5.96. The van der Waals surface area contributed by atoms with Gasteiger partial charge in [0.1, 0.15) is 5.56 Å². The van der Waals surface area contributed by atoms with E-state index in [0.717, 1.165) is 44.5 Å². The largest absolute Gasteiger partial charge is 0.343 e. The molecule has 2 bridgehead atoms. The molecule has 8 nitrogen and oxygen atoms in total. The molecule has 1 N–H and O–H groups in total. The van der Waals surface area contributed by atoms with Crippen LogP contribution < -0.4 is 10.9 Å². The molecule has 0 saturated carbocycles. The molecule has 0 radical (unpaired) electrons. The summed E-state index contributed by atoms with van der Waals surface area (Å²) in [7, 11) is 0. The van der Waals surface area contributed by atoms with Crippen molar-refractivity contribution in [2.45, 2.75) is 51.5 Å². The maximum absolute atomic E-state index is 13.0. The summed E-state index contributed by atoms with van der Waals surface area (Å²) in [5.74, 6) is -0.0741. The van der Waals surface area contributed by atoms with Crippen molar-refractivity contribution in [1.82, 2.24) is 19.7 Å². The Hall–Kier alpha value is -2.64. The summed E-state index contributed by atoms with van der Waals surface area (Å²) in [6.07, 6.45) is 4.34. The lowest BCUT2D eigenvalue weighted by Gasteiger charge is -2.43. The summed E-state index contributed by atoms with van der Waals surface area (Å²) in [6.45, 7) is 5.21. The van der Waals surface area contributed by atoms with Gasteiger partial charge in [-0.2, -0.15) is 0 Å². The number of amides is 3. The van der Waals surface area contributed by atoms with E-state index in [1.54, 1.807) is 15.5 Å². The van der Waals surface area contributed by atoms with Gasteiger partial charge >= 0.3 is 0 Å². The van der Waals surface area contributed by atoms with Crippen molar-refractivity contribution < 1.29 is 14.4 Å². The van der Waals surface area contributed by atoms with Crippen LogP contribution in [-0.2, 0) is 16.1 Å². The topological polar surface area (TPSA) is 91.7 Å². The number of rotatable bonds is 5. The van der Waals surface area contributed by atoms with Crippen LogP contribution in [0.2, 0.25) is 0 Å². The van der Waals surface area contributed by atoms with E-state index < -0.39 is 5.91 Å².